The quantitative estimate of drug-likeness (QED) is 0.695. The van der Waals surface area contributed by atoms with Gasteiger partial charge >= 0.3 is 0 Å². The van der Waals surface area contributed by atoms with Crippen molar-refractivity contribution in [2.24, 2.45) is 12.8 Å². The number of hydrogen-bond donors (Lipinski definition) is 2. The molecule has 0 spiro atoms. The Morgan fingerprint density at radius 3 is 2.86 bits per heavy atom. The molecule has 2 rings (SSSR count). The molecule has 0 aliphatic heterocycles. The van der Waals surface area contributed by atoms with Gasteiger partial charge in [0.05, 0.1) is 11.7 Å². The lowest BCUT2D eigenvalue weighted by molar-refractivity contribution is 0.754. The van der Waals surface area contributed by atoms with E-state index in [1.165, 1.54) is 6.33 Å². The van der Waals surface area contributed by atoms with E-state index in [2.05, 4.69) is 20.3 Å². The van der Waals surface area contributed by atoms with Crippen LogP contribution in [0.2, 0.25) is 0 Å². The van der Waals surface area contributed by atoms with Gasteiger partial charge in [0, 0.05) is 18.8 Å². The van der Waals surface area contributed by atoms with E-state index in [9.17, 15) is 0 Å². The Balaban J connectivity index is 2.36. The summed E-state index contributed by atoms with van der Waals surface area (Å²) in [5.74, 6) is 0.654. The number of aromatic amines is 1. The summed E-state index contributed by atoms with van der Waals surface area (Å²) < 4.78 is 1.74. The zero-order valence-corrected chi connectivity index (χ0v) is 8.10. The monoisotopic (exact) mass is 192 g/mol. The molecule has 0 amide bonds. The van der Waals surface area contributed by atoms with Gasteiger partial charge < -0.3 is 5.73 Å². The summed E-state index contributed by atoms with van der Waals surface area (Å²) in [7, 11) is 1.86. The van der Waals surface area contributed by atoms with Crippen LogP contribution < -0.4 is 5.73 Å². The Morgan fingerprint density at radius 1 is 1.57 bits per heavy atom. The lowest BCUT2D eigenvalue weighted by atomic mass is 10.1. The lowest BCUT2D eigenvalue weighted by Gasteiger charge is -2.05. The molecule has 6 nitrogen and oxygen atoms in total. The maximum absolute atomic E-state index is 5.99. The molecule has 1 atom stereocenters. The van der Waals surface area contributed by atoms with E-state index in [1.54, 1.807) is 4.68 Å². The van der Waals surface area contributed by atoms with Crippen molar-refractivity contribution in [1.29, 1.82) is 0 Å². The normalized spacial score (nSPS) is 13.1. The van der Waals surface area contributed by atoms with Crippen molar-refractivity contribution in [3.63, 3.8) is 0 Å². The Morgan fingerprint density at radius 2 is 2.36 bits per heavy atom. The SMILES string of the molecule is Cc1nn(C)cc1C(N)c1ncn[nH]1. The maximum atomic E-state index is 5.99. The fraction of sp³-hybridized carbons (Fsp3) is 0.375. The largest absolute Gasteiger partial charge is 0.318 e. The Kier molecular flexibility index (Phi) is 2.05. The third-order valence-electron chi connectivity index (χ3n) is 2.11. The molecule has 0 aliphatic carbocycles. The van der Waals surface area contributed by atoms with Gasteiger partial charge in [-0.1, -0.05) is 0 Å². The predicted octanol–water partition coefficient (Wildman–Crippen LogP) is -0.105. The van der Waals surface area contributed by atoms with Gasteiger partial charge in [-0.25, -0.2) is 4.98 Å². The highest BCUT2D eigenvalue weighted by atomic mass is 15.3. The van der Waals surface area contributed by atoms with Gasteiger partial charge in [-0.3, -0.25) is 9.78 Å². The van der Waals surface area contributed by atoms with Crippen LogP contribution in [-0.4, -0.2) is 25.0 Å². The van der Waals surface area contributed by atoms with Crippen molar-refractivity contribution in [2.75, 3.05) is 0 Å². The molecule has 3 N–H and O–H groups in total. The molecular formula is C8H12N6. The van der Waals surface area contributed by atoms with Crippen LogP contribution in [0.15, 0.2) is 12.5 Å². The minimum atomic E-state index is -0.286. The molecule has 2 aromatic rings. The van der Waals surface area contributed by atoms with Gasteiger partial charge in [-0.05, 0) is 6.92 Å². The molecule has 0 fully saturated rings. The second-order valence-electron chi connectivity index (χ2n) is 3.19. The van der Waals surface area contributed by atoms with Crippen molar-refractivity contribution in [1.82, 2.24) is 25.0 Å². The Labute approximate surface area is 81.1 Å². The fourth-order valence-electron chi connectivity index (χ4n) is 1.44. The summed E-state index contributed by atoms with van der Waals surface area (Å²) in [6, 6.07) is -0.286. The molecule has 2 aromatic heterocycles. The third kappa shape index (κ3) is 1.39. The Hall–Kier alpha value is -1.69. The van der Waals surface area contributed by atoms with Gasteiger partial charge in [-0.2, -0.15) is 10.2 Å². The first kappa shape index (κ1) is 8.89. The van der Waals surface area contributed by atoms with Crippen molar-refractivity contribution in [3.8, 4) is 0 Å². The van der Waals surface area contributed by atoms with Crippen LogP contribution in [0, 0.1) is 6.92 Å². The first-order valence-electron chi connectivity index (χ1n) is 4.29. The van der Waals surface area contributed by atoms with E-state index in [0.717, 1.165) is 11.3 Å². The number of hydrogen-bond acceptors (Lipinski definition) is 4. The molecule has 2 heterocycles. The molecule has 74 valence electrons. The van der Waals surface area contributed by atoms with Crippen molar-refractivity contribution < 1.29 is 0 Å². The summed E-state index contributed by atoms with van der Waals surface area (Å²) in [6.45, 7) is 1.92. The minimum absolute atomic E-state index is 0.286. The highest BCUT2D eigenvalue weighted by Crippen LogP contribution is 2.17. The summed E-state index contributed by atoms with van der Waals surface area (Å²) >= 11 is 0. The number of nitrogens with one attached hydrogen (secondary N) is 1. The highest BCUT2D eigenvalue weighted by molar-refractivity contribution is 5.24. The molecule has 0 saturated heterocycles. The van der Waals surface area contributed by atoms with E-state index in [0.29, 0.717) is 5.82 Å². The van der Waals surface area contributed by atoms with E-state index in [1.807, 2.05) is 20.2 Å². The summed E-state index contributed by atoms with van der Waals surface area (Å²) in [6.07, 6.45) is 3.34. The molecular weight excluding hydrogens is 180 g/mol. The predicted molar refractivity (Wildman–Crippen MR) is 50.4 cm³/mol. The number of H-pyrrole nitrogens is 1. The maximum Gasteiger partial charge on any atom is 0.145 e. The topological polar surface area (TPSA) is 85.4 Å². The Bertz CT molecular complexity index is 415. The first-order valence-corrected chi connectivity index (χ1v) is 4.29. The molecule has 0 radical (unpaired) electrons. The van der Waals surface area contributed by atoms with Crippen molar-refractivity contribution >= 4 is 0 Å². The number of aryl methyl sites for hydroxylation is 2. The van der Waals surface area contributed by atoms with E-state index >= 15 is 0 Å². The van der Waals surface area contributed by atoms with Crippen LogP contribution >= 0.6 is 0 Å². The summed E-state index contributed by atoms with van der Waals surface area (Å²) in [5.41, 5.74) is 7.86. The van der Waals surface area contributed by atoms with E-state index in [4.69, 9.17) is 5.73 Å². The molecule has 0 bridgehead atoms. The second kappa shape index (κ2) is 3.22. The van der Waals surface area contributed by atoms with Crippen molar-refractivity contribution in [3.05, 3.63) is 29.6 Å². The lowest BCUT2D eigenvalue weighted by Crippen LogP contribution is -2.14. The van der Waals surface area contributed by atoms with Crippen LogP contribution in [0.3, 0.4) is 0 Å². The van der Waals surface area contributed by atoms with E-state index < -0.39 is 0 Å². The van der Waals surface area contributed by atoms with Gasteiger partial charge in [0.2, 0.25) is 0 Å². The summed E-state index contributed by atoms with van der Waals surface area (Å²) in [5, 5.41) is 10.7. The molecule has 0 saturated carbocycles. The highest BCUT2D eigenvalue weighted by Gasteiger charge is 2.16. The van der Waals surface area contributed by atoms with Gasteiger partial charge in [0.1, 0.15) is 12.2 Å². The average Bonchev–Trinajstić information content (AvgIpc) is 2.73. The number of rotatable bonds is 2. The van der Waals surface area contributed by atoms with E-state index in [-0.39, 0.29) is 6.04 Å². The minimum Gasteiger partial charge on any atom is -0.318 e. The van der Waals surface area contributed by atoms with Crippen LogP contribution in [0.5, 0.6) is 0 Å². The van der Waals surface area contributed by atoms with Gasteiger partial charge in [0.25, 0.3) is 0 Å². The van der Waals surface area contributed by atoms with Crippen LogP contribution in [0.4, 0.5) is 0 Å². The zero-order valence-electron chi connectivity index (χ0n) is 8.10. The number of nitrogens with zero attached hydrogens (tertiary/aromatic N) is 4. The molecule has 1 unspecified atom stereocenters. The van der Waals surface area contributed by atoms with Gasteiger partial charge in [0.15, 0.2) is 0 Å². The summed E-state index contributed by atoms with van der Waals surface area (Å²) in [4.78, 5) is 4.01. The van der Waals surface area contributed by atoms with Crippen LogP contribution in [-0.2, 0) is 7.05 Å². The zero-order chi connectivity index (χ0) is 10.1. The first-order chi connectivity index (χ1) is 6.68. The van der Waals surface area contributed by atoms with Gasteiger partial charge in [-0.15, -0.1) is 0 Å². The van der Waals surface area contributed by atoms with Crippen LogP contribution in [0.25, 0.3) is 0 Å². The smallest absolute Gasteiger partial charge is 0.145 e. The number of aromatic nitrogens is 5. The van der Waals surface area contributed by atoms with Crippen molar-refractivity contribution in [2.45, 2.75) is 13.0 Å². The third-order valence-corrected chi connectivity index (χ3v) is 2.11. The standard InChI is InChI=1S/C8H12N6/c1-5-6(3-14(2)13-5)7(9)8-10-4-11-12-8/h3-4,7H,9H2,1-2H3,(H,10,11,12). The fourth-order valence-corrected chi connectivity index (χ4v) is 1.44. The van der Waals surface area contributed by atoms with Crippen LogP contribution in [0.1, 0.15) is 23.1 Å². The number of nitrogens with two attached hydrogens (primary N) is 1. The molecule has 6 heteroatoms. The average molecular weight is 192 g/mol. The molecule has 0 aliphatic rings. The molecule has 14 heavy (non-hydrogen) atoms. The second-order valence-corrected chi connectivity index (χ2v) is 3.19. The molecule has 0 aromatic carbocycles.